The fourth-order valence-corrected chi connectivity index (χ4v) is 3.55. The summed E-state index contributed by atoms with van der Waals surface area (Å²) in [4.78, 5) is 32.3. The highest BCUT2D eigenvalue weighted by atomic mass is 16.2. The van der Waals surface area contributed by atoms with E-state index in [1.54, 1.807) is 4.90 Å². The average molecular weight is 362 g/mol. The summed E-state index contributed by atoms with van der Waals surface area (Å²) >= 11 is 0. The van der Waals surface area contributed by atoms with Crippen molar-refractivity contribution in [3.63, 3.8) is 0 Å². The molecular formula is C21H22N4O2. The number of hydrogen-bond donors (Lipinski definition) is 2. The van der Waals surface area contributed by atoms with Crippen LogP contribution in [-0.2, 0) is 0 Å². The van der Waals surface area contributed by atoms with Gasteiger partial charge in [0.2, 0.25) is 0 Å². The zero-order chi connectivity index (χ0) is 18.8. The second-order valence-corrected chi connectivity index (χ2v) is 6.75. The lowest BCUT2D eigenvalue weighted by molar-refractivity contribution is 0.0673. The Balaban J connectivity index is 1.42. The molecule has 6 heteroatoms. The Morgan fingerprint density at radius 2 is 1.52 bits per heavy atom. The van der Waals surface area contributed by atoms with Gasteiger partial charge >= 0.3 is 6.03 Å². The zero-order valence-electron chi connectivity index (χ0n) is 15.2. The maximum atomic E-state index is 13.1. The highest BCUT2D eigenvalue weighted by Crippen LogP contribution is 2.24. The molecule has 0 aliphatic carbocycles. The first-order valence-corrected chi connectivity index (χ1v) is 9.11. The van der Waals surface area contributed by atoms with Crippen LogP contribution in [0.3, 0.4) is 0 Å². The minimum absolute atomic E-state index is 0.0214. The second-order valence-electron chi connectivity index (χ2n) is 6.75. The smallest absolute Gasteiger partial charge is 0.321 e. The number of benzene rings is 2. The summed E-state index contributed by atoms with van der Waals surface area (Å²) in [6.45, 7) is 4.02. The van der Waals surface area contributed by atoms with E-state index in [0.717, 1.165) is 27.8 Å². The Morgan fingerprint density at radius 3 is 2.26 bits per heavy atom. The molecule has 1 saturated heterocycles. The number of fused-ring (bicyclic) bond motifs is 1. The SMILES string of the molecule is Cc1[nH]c2ccccc2c1C(=O)N1CCN(C(=O)Nc2ccccc2)CC1. The highest BCUT2D eigenvalue weighted by molar-refractivity contribution is 6.08. The van der Waals surface area contributed by atoms with Gasteiger partial charge in [-0.05, 0) is 25.1 Å². The number of H-pyrrole nitrogens is 1. The van der Waals surface area contributed by atoms with Crippen molar-refractivity contribution in [1.82, 2.24) is 14.8 Å². The monoisotopic (exact) mass is 362 g/mol. The number of amides is 3. The number of piperazine rings is 1. The van der Waals surface area contributed by atoms with Crippen LogP contribution >= 0.6 is 0 Å². The molecule has 1 aromatic heterocycles. The number of carbonyl (C=O) groups excluding carboxylic acids is 2. The lowest BCUT2D eigenvalue weighted by Gasteiger charge is -2.34. The first-order chi connectivity index (χ1) is 13.1. The van der Waals surface area contributed by atoms with Crippen LogP contribution < -0.4 is 5.32 Å². The third kappa shape index (κ3) is 3.38. The molecule has 2 heterocycles. The molecule has 0 unspecified atom stereocenters. The molecule has 138 valence electrons. The Bertz CT molecular complexity index is 972. The number of para-hydroxylation sites is 2. The minimum atomic E-state index is -0.128. The first-order valence-electron chi connectivity index (χ1n) is 9.11. The lowest BCUT2D eigenvalue weighted by Crippen LogP contribution is -2.51. The van der Waals surface area contributed by atoms with E-state index in [1.807, 2.05) is 66.4 Å². The van der Waals surface area contributed by atoms with Crippen molar-refractivity contribution >= 4 is 28.5 Å². The molecule has 0 saturated carbocycles. The molecular weight excluding hydrogens is 340 g/mol. The molecule has 0 radical (unpaired) electrons. The Labute approximate surface area is 157 Å². The first kappa shape index (κ1) is 17.1. The Morgan fingerprint density at radius 1 is 0.889 bits per heavy atom. The van der Waals surface area contributed by atoms with Gasteiger partial charge in [0, 0.05) is 48.5 Å². The van der Waals surface area contributed by atoms with Crippen molar-refractivity contribution in [2.75, 3.05) is 31.5 Å². The number of carbonyl (C=O) groups is 2. The van der Waals surface area contributed by atoms with Crippen LogP contribution in [-0.4, -0.2) is 52.9 Å². The van der Waals surface area contributed by atoms with Gasteiger partial charge in [-0.15, -0.1) is 0 Å². The van der Waals surface area contributed by atoms with Crippen LogP contribution in [0.1, 0.15) is 16.1 Å². The maximum Gasteiger partial charge on any atom is 0.321 e. The van der Waals surface area contributed by atoms with Crippen LogP contribution in [0.25, 0.3) is 10.9 Å². The third-order valence-electron chi connectivity index (χ3n) is 4.99. The summed E-state index contributed by atoms with van der Waals surface area (Å²) in [6.07, 6.45) is 0. The van der Waals surface area contributed by atoms with Crippen LogP contribution in [0.15, 0.2) is 54.6 Å². The van der Waals surface area contributed by atoms with Crippen molar-refractivity contribution in [2.45, 2.75) is 6.92 Å². The standard InChI is InChI=1S/C21H22N4O2/c1-15-19(17-9-5-6-10-18(17)22-15)20(26)24-11-13-25(14-12-24)21(27)23-16-7-3-2-4-8-16/h2-10,22H,11-14H2,1H3,(H,23,27). The highest BCUT2D eigenvalue weighted by Gasteiger charge is 2.27. The zero-order valence-corrected chi connectivity index (χ0v) is 15.2. The molecule has 1 aliphatic heterocycles. The number of rotatable bonds is 2. The number of urea groups is 1. The fraction of sp³-hybridized carbons (Fsp3) is 0.238. The molecule has 4 rings (SSSR count). The van der Waals surface area contributed by atoms with Crippen molar-refractivity contribution < 1.29 is 9.59 Å². The topological polar surface area (TPSA) is 68.4 Å². The van der Waals surface area contributed by atoms with E-state index in [4.69, 9.17) is 0 Å². The number of aromatic amines is 1. The van der Waals surface area contributed by atoms with E-state index >= 15 is 0 Å². The van der Waals surface area contributed by atoms with Crippen molar-refractivity contribution in [3.8, 4) is 0 Å². The molecule has 2 aromatic carbocycles. The molecule has 1 aliphatic rings. The number of nitrogens with zero attached hydrogens (tertiary/aromatic N) is 2. The Kier molecular flexibility index (Phi) is 4.54. The van der Waals surface area contributed by atoms with Crippen molar-refractivity contribution in [1.29, 1.82) is 0 Å². The largest absolute Gasteiger partial charge is 0.358 e. The predicted molar refractivity (Wildman–Crippen MR) is 106 cm³/mol. The van der Waals surface area contributed by atoms with E-state index in [2.05, 4.69) is 10.3 Å². The molecule has 27 heavy (non-hydrogen) atoms. The number of hydrogen-bond acceptors (Lipinski definition) is 2. The van der Waals surface area contributed by atoms with Crippen LogP contribution in [0, 0.1) is 6.92 Å². The average Bonchev–Trinajstić information content (AvgIpc) is 3.04. The van der Waals surface area contributed by atoms with Gasteiger partial charge in [-0.3, -0.25) is 4.79 Å². The van der Waals surface area contributed by atoms with Gasteiger partial charge in [-0.1, -0.05) is 36.4 Å². The Hall–Kier alpha value is -3.28. The maximum absolute atomic E-state index is 13.1. The van der Waals surface area contributed by atoms with Gasteiger partial charge in [0.15, 0.2) is 0 Å². The number of nitrogens with one attached hydrogen (secondary N) is 2. The van der Waals surface area contributed by atoms with Crippen molar-refractivity contribution in [3.05, 3.63) is 65.9 Å². The molecule has 0 atom stereocenters. The van der Waals surface area contributed by atoms with Crippen LogP contribution in [0.2, 0.25) is 0 Å². The third-order valence-corrected chi connectivity index (χ3v) is 4.99. The molecule has 6 nitrogen and oxygen atoms in total. The van der Waals surface area contributed by atoms with E-state index in [0.29, 0.717) is 26.2 Å². The summed E-state index contributed by atoms with van der Waals surface area (Å²) in [5, 5.41) is 3.84. The van der Waals surface area contributed by atoms with Crippen molar-refractivity contribution in [2.24, 2.45) is 0 Å². The van der Waals surface area contributed by atoms with Gasteiger partial charge < -0.3 is 20.1 Å². The normalized spacial score (nSPS) is 14.4. The summed E-state index contributed by atoms with van der Waals surface area (Å²) < 4.78 is 0. The number of aromatic nitrogens is 1. The van der Waals surface area contributed by atoms with E-state index in [9.17, 15) is 9.59 Å². The molecule has 0 bridgehead atoms. The molecule has 0 spiro atoms. The van der Waals surface area contributed by atoms with Crippen LogP contribution in [0.4, 0.5) is 10.5 Å². The van der Waals surface area contributed by atoms with Gasteiger partial charge in [-0.2, -0.15) is 0 Å². The molecule has 3 aromatic rings. The van der Waals surface area contributed by atoms with Gasteiger partial charge in [0.1, 0.15) is 0 Å². The second kappa shape index (κ2) is 7.15. The summed E-state index contributed by atoms with van der Waals surface area (Å²) in [5.74, 6) is 0.0214. The van der Waals surface area contributed by atoms with Gasteiger partial charge in [-0.25, -0.2) is 4.79 Å². The minimum Gasteiger partial charge on any atom is -0.358 e. The predicted octanol–water partition coefficient (Wildman–Crippen LogP) is 3.47. The van der Waals surface area contributed by atoms with Gasteiger partial charge in [0.05, 0.1) is 5.56 Å². The summed E-state index contributed by atoms with van der Waals surface area (Å²) in [5.41, 5.74) is 3.35. The molecule has 1 fully saturated rings. The van der Waals surface area contributed by atoms with Gasteiger partial charge in [0.25, 0.3) is 5.91 Å². The fourth-order valence-electron chi connectivity index (χ4n) is 3.55. The summed E-state index contributed by atoms with van der Waals surface area (Å²) in [7, 11) is 0. The quantitative estimate of drug-likeness (QED) is 0.733. The molecule has 2 N–H and O–H groups in total. The van der Waals surface area contributed by atoms with Crippen LogP contribution in [0.5, 0.6) is 0 Å². The van der Waals surface area contributed by atoms with E-state index in [1.165, 1.54) is 0 Å². The van der Waals surface area contributed by atoms with E-state index < -0.39 is 0 Å². The lowest BCUT2D eigenvalue weighted by atomic mass is 10.1. The number of anilines is 1. The summed E-state index contributed by atoms with van der Waals surface area (Å²) in [6, 6.07) is 17.1. The van der Waals surface area contributed by atoms with E-state index in [-0.39, 0.29) is 11.9 Å². The number of aryl methyl sites for hydroxylation is 1. The molecule has 3 amide bonds.